The molecular weight excluding hydrogens is 240 g/mol. The Morgan fingerprint density at radius 1 is 1.37 bits per heavy atom. The summed E-state index contributed by atoms with van der Waals surface area (Å²) in [6.07, 6.45) is 1.99. The fourth-order valence-electron chi connectivity index (χ4n) is 1.70. The third kappa shape index (κ3) is 4.34. The maximum Gasteiger partial charge on any atom is 0.162 e. The summed E-state index contributed by atoms with van der Waals surface area (Å²) < 4.78 is 0. The highest BCUT2D eigenvalue weighted by Gasteiger charge is 2.08. The van der Waals surface area contributed by atoms with Crippen molar-refractivity contribution >= 4 is 17.8 Å². The Labute approximate surface area is 113 Å². The van der Waals surface area contributed by atoms with E-state index in [4.69, 9.17) is 5.73 Å². The van der Waals surface area contributed by atoms with Gasteiger partial charge in [-0.2, -0.15) is 0 Å². The van der Waals surface area contributed by atoms with E-state index in [0.717, 1.165) is 24.8 Å². The fourth-order valence-corrected chi connectivity index (χ4v) is 1.70. The van der Waals surface area contributed by atoms with E-state index in [0.29, 0.717) is 29.8 Å². The average molecular weight is 260 g/mol. The van der Waals surface area contributed by atoms with Gasteiger partial charge in [-0.05, 0) is 36.7 Å². The summed E-state index contributed by atoms with van der Waals surface area (Å²) in [4.78, 5) is 22.7. The molecule has 0 bridgehead atoms. The van der Waals surface area contributed by atoms with Crippen LogP contribution in [0.5, 0.6) is 0 Å². The van der Waals surface area contributed by atoms with Gasteiger partial charge in [0.25, 0.3) is 0 Å². The van der Waals surface area contributed by atoms with Gasteiger partial charge < -0.3 is 11.1 Å². The van der Waals surface area contributed by atoms with Gasteiger partial charge >= 0.3 is 0 Å². The van der Waals surface area contributed by atoms with Crippen LogP contribution >= 0.6 is 0 Å². The highest BCUT2D eigenvalue weighted by molar-refractivity contribution is 5.98. The molecule has 3 N–H and O–H groups in total. The Morgan fingerprint density at radius 3 is 2.63 bits per heavy atom. The van der Waals surface area contributed by atoms with E-state index in [1.54, 1.807) is 25.1 Å². The van der Waals surface area contributed by atoms with Gasteiger partial charge in [0, 0.05) is 29.8 Å². The first-order chi connectivity index (χ1) is 9.12. The van der Waals surface area contributed by atoms with Gasteiger partial charge in [-0.15, -0.1) is 0 Å². The molecule has 0 aliphatic rings. The highest BCUT2D eigenvalue weighted by Crippen LogP contribution is 2.16. The van der Waals surface area contributed by atoms with Crippen LogP contribution in [-0.2, 0) is 0 Å². The second-order valence-electron chi connectivity index (χ2n) is 4.29. The lowest BCUT2D eigenvalue weighted by Gasteiger charge is -2.11. The first kappa shape index (κ1) is 15.1. The zero-order valence-corrected chi connectivity index (χ0v) is 11.2. The number of nitrogens with two attached hydrogens (primary N) is 1. The van der Waals surface area contributed by atoms with Crippen LogP contribution in [0.15, 0.2) is 24.8 Å². The summed E-state index contributed by atoms with van der Waals surface area (Å²) in [7, 11) is 0. The molecule has 4 heteroatoms. The predicted molar refractivity (Wildman–Crippen MR) is 77.2 cm³/mol. The Morgan fingerprint density at radius 2 is 2.05 bits per heavy atom. The van der Waals surface area contributed by atoms with E-state index >= 15 is 0 Å². The zero-order chi connectivity index (χ0) is 14.3. The largest absolute Gasteiger partial charge is 0.385 e. The van der Waals surface area contributed by atoms with Gasteiger partial charge in [0.2, 0.25) is 0 Å². The first-order valence-electron chi connectivity index (χ1n) is 6.39. The Hall–Kier alpha value is -1.94. The van der Waals surface area contributed by atoms with Crippen molar-refractivity contribution < 1.29 is 9.59 Å². The molecule has 0 spiro atoms. The lowest BCUT2D eigenvalue weighted by atomic mass is 10.0. The second-order valence-corrected chi connectivity index (χ2v) is 4.29. The number of carbonyl (C=O) groups is 2. The van der Waals surface area contributed by atoms with Gasteiger partial charge in [0.1, 0.15) is 6.29 Å². The molecule has 0 atom stereocenters. The van der Waals surface area contributed by atoms with E-state index in [-0.39, 0.29) is 5.78 Å². The molecule has 0 heterocycles. The summed E-state index contributed by atoms with van der Waals surface area (Å²) >= 11 is 0. The van der Waals surface area contributed by atoms with Crippen molar-refractivity contribution in [3.63, 3.8) is 0 Å². The molecule has 0 saturated carbocycles. The molecule has 0 aliphatic heterocycles. The molecule has 0 radical (unpaired) electrons. The molecule has 102 valence electrons. The Balaban J connectivity index is 2.96. The number of hydrogen-bond acceptors (Lipinski definition) is 4. The normalized spacial score (nSPS) is 10.0. The standard InChI is InChI=1S/C15H20N2O2/c1-3-15(19)14-8-12(10-18)7-13(9-14)11(2)17-6-4-5-16/h7-10,17H,2-6,16H2,1H3. The molecule has 1 aromatic carbocycles. The molecule has 0 unspecified atom stereocenters. The number of benzene rings is 1. The Bertz CT molecular complexity index is 481. The van der Waals surface area contributed by atoms with Crippen molar-refractivity contribution in [2.75, 3.05) is 13.1 Å². The van der Waals surface area contributed by atoms with Crippen LogP contribution in [0, 0.1) is 0 Å². The molecule has 1 rings (SSSR count). The van der Waals surface area contributed by atoms with E-state index in [1.807, 2.05) is 0 Å². The maximum atomic E-state index is 11.7. The molecule has 1 aromatic rings. The van der Waals surface area contributed by atoms with Crippen molar-refractivity contribution in [1.29, 1.82) is 0 Å². The number of hydrogen-bond donors (Lipinski definition) is 2. The molecule has 0 fully saturated rings. The second kappa shape index (κ2) is 7.48. The molecule has 4 nitrogen and oxygen atoms in total. The first-order valence-corrected chi connectivity index (χ1v) is 6.39. The quantitative estimate of drug-likeness (QED) is 0.426. The van der Waals surface area contributed by atoms with Gasteiger partial charge in [-0.3, -0.25) is 9.59 Å². The van der Waals surface area contributed by atoms with E-state index in [2.05, 4.69) is 11.9 Å². The summed E-state index contributed by atoms with van der Waals surface area (Å²) in [5, 5.41) is 3.13. The third-order valence-corrected chi connectivity index (χ3v) is 2.80. The van der Waals surface area contributed by atoms with Crippen molar-refractivity contribution in [2.24, 2.45) is 5.73 Å². The topological polar surface area (TPSA) is 72.2 Å². The van der Waals surface area contributed by atoms with Gasteiger partial charge in [-0.1, -0.05) is 13.5 Å². The lowest BCUT2D eigenvalue weighted by molar-refractivity contribution is 0.0988. The summed E-state index contributed by atoms with van der Waals surface area (Å²) in [5.74, 6) is 0.0136. The molecule has 0 amide bonds. The number of aldehydes is 1. The minimum absolute atomic E-state index is 0.0136. The third-order valence-electron chi connectivity index (χ3n) is 2.80. The maximum absolute atomic E-state index is 11.7. The fraction of sp³-hybridized carbons (Fsp3) is 0.333. The van der Waals surface area contributed by atoms with Crippen molar-refractivity contribution in [3.8, 4) is 0 Å². The smallest absolute Gasteiger partial charge is 0.162 e. The van der Waals surface area contributed by atoms with Crippen LogP contribution in [0.4, 0.5) is 0 Å². The molecule has 0 saturated heterocycles. The minimum Gasteiger partial charge on any atom is -0.385 e. The number of ketones is 1. The average Bonchev–Trinajstić information content (AvgIpc) is 2.45. The van der Waals surface area contributed by atoms with E-state index < -0.39 is 0 Å². The predicted octanol–water partition coefficient (Wildman–Crippen LogP) is 2.00. The van der Waals surface area contributed by atoms with Crippen LogP contribution in [0.1, 0.15) is 46.0 Å². The van der Waals surface area contributed by atoms with Crippen LogP contribution in [0.25, 0.3) is 5.70 Å². The molecule has 19 heavy (non-hydrogen) atoms. The van der Waals surface area contributed by atoms with Crippen molar-refractivity contribution in [2.45, 2.75) is 19.8 Å². The number of Topliss-reactive ketones (excluding diaryl/α,β-unsaturated/α-hetero) is 1. The van der Waals surface area contributed by atoms with Crippen molar-refractivity contribution in [1.82, 2.24) is 5.32 Å². The van der Waals surface area contributed by atoms with Crippen molar-refractivity contribution in [3.05, 3.63) is 41.5 Å². The van der Waals surface area contributed by atoms with Gasteiger partial charge in [0.05, 0.1) is 0 Å². The number of carbonyl (C=O) groups excluding carboxylic acids is 2. The zero-order valence-electron chi connectivity index (χ0n) is 11.2. The monoisotopic (exact) mass is 260 g/mol. The lowest BCUT2D eigenvalue weighted by Crippen LogP contribution is -2.16. The molecule has 0 aromatic heterocycles. The van der Waals surface area contributed by atoms with Crippen LogP contribution in [0.3, 0.4) is 0 Å². The summed E-state index contributed by atoms with van der Waals surface area (Å²) in [5.41, 5.74) is 7.91. The number of rotatable bonds is 8. The van der Waals surface area contributed by atoms with Crippen LogP contribution < -0.4 is 11.1 Å². The SMILES string of the molecule is C=C(NCCCN)c1cc(C=O)cc(C(=O)CC)c1. The molecular formula is C15H20N2O2. The van der Waals surface area contributed by atoms with Crippen LogP contribution in [0.2, 0.25) is 0 Å². The minimum atomic E-state index is 0.0136. The van der Waals surface area contributed by atoms with E-state index in [1.165, 1.54) is 0 Å². The van der Waals surface area contributed by atoms with Gasteiger partial charge in [0.15, 0.2) is 5.78 Å². The Kier molecular flexibility index (Phi) is 5.96. The summed E-state index contributed by atoms with van der Waals surface area (Å²) in [6, 6.07) is 5.09. The number of nitrogens with one attached hydrogen (secondary N) is 1. The van der Waals surface area contributed by atoms with Gasteiger partial charge in [-0.25, -0.2) is 0 Å². The van der Waals surface area contributed by atoms with E-state index in [9.17, 15) is 9.59 Å². The highest BCUT2D eigenvalue weighted by atomic mass is 16.1. The molecule has 0 aliphatic carbocycles. The summed E-state index contributed by atoms with van der Waals surface area (Å²) in [6.45, 7) is 7.04. The van der Waals surface area contributed by atoms with Crippen LogP contribution in [-0.4, -0.2) is 25.2 Å².